The molecule has 0 aliphatic heterocycles. The van der Waals surface area contributed by atoms with E-state index in [0.717, 1.165) is 21.2 Å². The molecular weight excluding hydrogens is 350 g/mol. The van der Waals surface area contributed by atoms with Crippen LogP contribution in [0.3, 0.4) is 0 Å². The maximum atomic E-state index is 5.98. The number of ether oxygens (including phenoxy) is 1. The van der Waals surface area contributed by atoms with Crippen molar-refractivity contribution in [1.29, 1.82) is 0 Å². The predicted octanol–water partition coefficient (Wildman–Crippen LogP) is 2.52. The Morgan fingerprint density at radius 3 is 2.94 bits per heavy atom. The fourth-order valence-electron chi connectivity index (χ4n) is 1.91. The summed E-state index contributed by atoms with van der Waals surface area (Å²) < 4.78 is 7.46. The summed E-state index contributed by atoms with van der Waals surface area (Å²) in [6, 6.07) is 2.22. The van der Waals surface area contributed by atoms with Crippen molar-refractivity contribution in [3.8, 4) is 0 Å². The molecule has 3 unspecified atom stereocenters. The SMILES string of the molecule is CCOC1CC(N)C1Nc1ncc(Br)cc1Br. The Bertz CT molecular complexity index is 400. The largest absolute Gasteiger partial charge is 0.376 e. The summed E-state index contributed by atoms with van der Waals surface area (Å²) in [5, 5.41) is 3.33. The van der Waals surface area contributed by atoms with Gasteiger partial charge in [0.2, 0.25) is 0 Å². The van der Waals surface area contributed by atoms with Gasteiger partial charge >= 0.3 is 0 Å². The number of nitrogens with zero attached hydrogens (tertiary/aromatic N) is 1. The second-order valence-corrected chi connectivity index (χ2v) is 5.82. The molecule has 6 heteroatoms. The maximum Gasteiger partial charge on any atom is 0.140 e. The highest BCUT2D eigenvalue weighted by molar-refractivity contribution is 9.11. The van der Waals surface area contributed by atoms with Crippen LogP contribution >= 0.6 is 31.9 Å². The zero-order valence-corrected chi connectivity index (χ0v) is 12.7. The molecule has 2 rings (SSSR count). The first-order valence-electron chi connectivity index (χ1n) is 5.56. The average Bonchev–Trinajstić information content (AvgIpc) is 2.27. The van der Waals surface area contributed by atoms with Gasteiger partial charge in [0, 0.05) is 23.3 Å². The molecule has 3 atom stereocenters. The Kier molecular flexibility index (Phi) is 4.41. The molecule has 3 N–H and O–H groups in total. The molecule has 0 spiro atoms. The number of hydrogen-bond acceptors (Lipinski definition) is 4. The van der Waals surface area contributed by atoms with Crippen molar-refractivity contribution in [2.75, 3.05) is 11.9 Å². The van der Waals surface area contributed by atoms with Crippen molar-refractivity contribution in [2.45, 2.75) is 31.5 Å². The third-order valence-corrected chi connectivity index (χ3v) is 3.90. The van der Waals surface area contributed by atoms with Crippen LogP contribution in [0.15, 0.2) is 21.2 Å². The zero-order valence-electron chi connectivity index (χ0n) is 9.49. The minimum Gasteiger partial charge on any atom is -0.376 e. The van der Waals surface area contributed by atoms with E-state index in [1.807, 2.05) is 13.0 Å². The van der Waals surface area contributed by atoms with Crippen LogP contribution in [0.25, 0.3) is 0 Å². The molecule has 1 aromatic rings. The monoisotopic (exact) mass is 363 g/mol. The Balaban J connectivity index is 2.04. The Hall–Kier alpha value is -0.170. The highest BCUT2D eigenvalue weighted by atomic mass is 79.9. The fraction of sp³-hybridized carbons (Fsp3) is 0.545. The first-order valence-corrected chi connectivity index (χ1v) is 7.15. The number of nitrogens with one attached hydrogen (secondary N) is 1. The van der Waals surface area contributed by atoms with E-state index in [0.29, 0.717) is 6.61 Å². The van der Waals surface area contributed by atoms with Gasteiger partial charge in [-0.05, 0) is 51.3 Å². The lowest BCUT2D eigenvalue weighted by Gasteiger charge is -2.42. The van der Waals surface area contributed by atoms with Gasteiger partial charge in [0.15, 0.2) is 0 Å². The first-order chi connectivity index (χ1) is 8.11. The van der Waals surface area contributed by atoms with Gasteiger partial charge in [-0.1, -0.05) is 0 Å². The van der Waals surface area contributed by atoms with Gasteiger partial charge in [-0.25, -0.2) is 4.98 Å². The van der Waals surface area contributed by atoms with Crippen molar-refractivity contribution in [2.24, 2.45) is 5.73 Å². The van der Waals surface area contributed by atoms with Gasteiger partial charge in [0.25, 0.3) is 0 Å². The molecule has 0 aromatic carbocycles. The van der Waals surface area contributed by atoms with Crippen molar-refractivity contribution >= 4 is 37.7 Å². The van der Waals surface area contributed by atoms with Gasteiger partial charge in [0.05, 0.1) is 16.6 Å². The Labute approximate surface area is 118 Å². The number of halogens is 2. The van der Waals surface area contributed by atoms with Crippen LogP contribution in [0.4, 0.5) is 5.82 Å². The molecule has 0 bridgehead atoms. The number of anilines is 1. The second kappa shape index (κ2) is 5.65. The van der Waals surface area contributed by atoms with Gasteiger partial charge in [-0.2, -0.15) is 0 Å². The number of pyridine rings is 1. The van der Waals surface area contributed by atoms with E-state index in [-0.39, 0.29) is 18.2 Å². The average molecular weight is 365 g/mol. The van der Waals surface area contributed by atoms with Crippen LogP contribution in [-0.4, -0.2) is 29.8 Å². The Morgan fingerprint density at radius 2 is 2.35 bits per heavy atom. The first kappa shape index (κ1) is 13.3. The van der Waals surface area contributed by atoms with E-state index < -0.39 is 0 Å². The zero-order chi connectivity index (χ0) is 12.4. The van der Waals surface area contributed by atoms with Gasteiger partial charge in [0.1, 0.15) is 5.82 Å². The van der Waals surface area contributed by atoms with Crippen LogP contribution in [0.2, 0.25) is 0 Å². The highest BCUT2D eigenvalue weighted by Crippen LogP contribution is 2.29. The normalized spacial score (nSPS) is 27.6. The summed E-state index contributed by atoms with van der Waals surface area (Å²) in [6.45, 7) is 2.71. The summed E-state index contributed by atoms with van der Waals surface area (Å²) in [7, 11) is 0. The number of rotatable bonds is 4. The Morgan fingerprint density at radius 1 is 1.59 bits per heavy atom. The molecule has 1 aromatic heterocycles. The van der Waals surface area contributed by atoms with Crippen LogP contribution in [0, 0.1) is 0 Å². The molecule has 1 heterocycles. The van der Waals surface area contributed by atoms with Crippen molar-refractivity contribution in [1.82, 2.24) is 4.98 Å². The van der Waals surface area contributed by atoms with Crippen molar-refractivity contribution in [3.63, 3.8) is 0 Å². The maximum absolute atomic E-state index is 5.98. The van der Waals surface area contributed by atoms with E-state index in [1.54, 1.807) is 6.20 Å². The number of hydrogen-bond donors (Lipinski definition) is 2. The van der Waals surface area contributed by atoms with Gasteiger partial charge in [-0.3, -0.25) is 0 Å². The minimum atomic E-state index is 0.129. The number of aromatic nitrogens is 1. The van der Waals surface area contributed by atoms with E-state index in [9.17, 15) is 0 Å². The smallest absolute Gasteiger partial charge is 0.140 e. The van der Waals surface area contributed by atoms with Crippen LogP contribution < -0.4 is 11.1 Å². The van der Waals surface area contributed by atoms with E-state index in [4.69, 9.17) is 10.5 Å². The van der Waals surface area contributed by atoms with Crippen molar-refractivity contribution in [3.05, 3.63) is 21.2 Å². The lowest BCUT2D eigenvalue weighted by Crippen LogP contribution is -2.60. The molecule has 1 aliphatic carbocycles. The third kappa shape index (κ3) is 2.99. The molecular formula is C11H15Br2N3O. The third-order valence-electron chi connectivity index (χ3n) is 2.86. The summed E-state index contributed by atoms with van der Waals surface area (Å²) in [4.78, 5) is 4.31. The molecule has 0 saturated heterocycles. The van der Waals surface area contributed by atoms with Crippen LogP contribution in [0.5, 0.6) is 0 Å². The standard InChI is InChI=1S/C11H15Br2N3O/c1-2-17-9-4-8(14)10(9)16-11-7(13)3-6(12)5-15-11/h3,5,8-10H,2,4,14H2,1H3,(H,15,16). The van der Waals surface area contributed by atoms with Crippen LogP contribution in [-0.2, 0) is 4.74 Å². The molecule has 1 saturated carbocycles. The quantitative estimate of drug-likeness (QED) is 0.861. The molecule has 4 nitrogen and oxygen atoms in total. The summed E-state index contributed by atoms with van der Waals surface area (Å²) >= 11 is 6.84. The molecule has 1 aliphatic rings. The topological polar surface area (TPSA) is 60.2 Å². The number of nitrogens with two attached hydrogens (primary N) is 1. The van der Waals surface area contributed by atoms with E-state index in [1.165, 1.54) is 0 Å². The minimum absolute atomic E-state index is 0.129. The molecule has 1 fully saturated rings. The lowest BCUT2D eigenvalue weighted by atomic mass is 9.83. The second-order valence-electron chi connectivity index (χ2n) is 4.05. The van der Waals surface area contributed by atoms with Gasteiger partial charge in [-0.15, -0.1) is 0 Å². The predicted molar refractivity (Wildman–Crippen MR) is 75.1 cm³/mol. The van der Waals surface area contributed by atoms with Crippen LogP contribution in [0.1, 0.15) is 13.3 Å². The lowest BCUT2D eigenvalue weighted by molar-refractivity contribution is -0.0127. The highest BCUT2D eigenvalue weighted by Gasteiger charge is 2.39. The summed E-state index contributed by atoms with van der Waals surface area (Å²) in [5.74, 6) is 0.804. The van der Waals surface area contributed by atoms with E-state index in [2.05, 4.69) is 42.2 Å². The molecule has 0 amide bonds. The molecule has 17 heavy (non-hydrogen) atoms. The molecule has 0 radical (unpaired) electrons. The summed E-state index contributed by atoms with van der Waals surface area (Å²) in [6.07, 6.45) is 2.85. The summed E-state index contributed by atoms with van der Waals surface area (Å²) in [5.41, 5.74) is 5.98. The van der Waals surface area contributed by atoms with Crippen molar-refractivity contribution < 1.29 is 4.74 Å². The molecule has 94 valence electrons. The van der Waals surface area contributed by atoms with Gasteiger partial charge < -0.3 is 15.8 Å². The van der Waals surface area contributed by atoms with E-state index >= 15 is 0 Å². The fourth-order valence-corrected chi connectivity index (χ4v) is 3.01.